The second kappa shape index (κ2) is 6.04. The van der Waals surface area contributed by atoms with E-state index in [0.29, 0.717) is 5.56 Å². The fourth-order valence-electron chi connectivity index (χ4n) is 1.90. The third-order valence-electron chi connectivity index (χ3n) is 3.48. The fourth-order valence-corrected chi connectivity index (χ4v) is 1.90. The van der Waals surface area contributed by atoms with E-state index < -0.39 is 5.69 Å². The topological polar surface area (TPSA) is 90.3 Å². The molecule has 7 nitrogen and oxygen atoms in total. The van der Waals surface area contributed by atoms with Crippen LogP contribution in [0.25, 0.3) is 0 Å². The number of nitrogens with two attached hydrogens (primary N) is 1. The minimum Gasteiger partial charge on any atom is -0.341 e. The molecule has 0 saturated carbocycles. The van der Waals surface area contributed by atoms with Crippen LogP contribution in [0.2, 0.25) is 0 Å². The third-order valence-corrected chi connectivity index (χ3v) is 3.48. The third kappa shape index (κ3) is 3.16. The molecule has 0 aliphatic carbocycles. The molecule has 1 rings (SSSR count). The molecule has 2 unspecified atom stereocenters. The van der Waals surface area contributed by atoms with Crippen LogP contribution < -0.4 is 17.0 Å². The number of hydrogen-bond acceptors (Lipinski definition) is 4. The normalized spacial score (nSPS) is 13.9. The van der Waals surface area contributed by atoms with E-state index >= 15 is 0 Å². The maximum Gasteiger partial charge on any atom is 0.330 e. The van der Waals surface area contributed by atoms with Crippen molar-refractivity contribution in [2.24, 2.45) is 25.7 Å². The maximum atomic E-state index is 12.1. The highest BCUT2D eigenvalue weighted by Crippen LogP contribution is 2.06. The summed E-state index contributed by atoms with van der Waals surface area (Å²) in [5.74, 6) is -0.452. The van der Waals surface area contributed by atoms with Gasteiger partial charge in [-0.15, -0.1) is 0 Å². The molecule has 0 aliphatic rings. The Morgan fingerprint density at radius 2 is 1.90 bits per heavy atom. The number of rotatable bonds is 4. The zero-order valence-electron chi connectivity index (χ0n) is 12.6. The van der Waals surface area contributed by atoms with E-state index in [1.807, 2.05) is 0 Å². The Balaban J connectivity index is 3.03. The van der Waals surface area contributed by atoms with Crippen molar-refractivity contribution in [1.29, 1.82) is 0 Å². The maximum absolute atomic E-state index is 12.1. The summed E-state index contributed by atoms with van der Waals surface area (Å²) in [6.07, 6.45) is 1.46. The summed E-state index contributed by atoms with van der Waals surface area (Å²) in [6.45, 7) is 3.67. The molecule has 0 saturated heterocycles. The lowest BCUT2D eigenvalue weighted by molar-refractivity contribution is -0.134. The number of aryl methyl sites for hydroxylation is 1. The second-order valence-electron chi connectivity index (χ2n) is 5.25. The highest BCUT2D eigenvalue weighted by atomic mass is 16.2. The van der Waals surface area contributed by atoms with E-state index in [0.717, 1.165) is 4.57 Å². The average molecular weight is 282 g/mol. The Morgan fingerprint density at radius 1 is 1.35 bits per heavy atom. The molecule has 0 aromatic carbocycles. The van der Waals surface area contributed by atoms with Crippen LogP contribution in [0.3, 0.4) is 0 Å². The SMILES string of the molecule is CC(N)C(C)C(=O)N(C)Cc1cn(C)c(=O)n(C)c1=O. The number of amides is 1. The predicted molar refractivity (Wildman–Crippen MR) is 76.2 cm³/mol. The van der Waals surface area contributed by atoms with Gasteiger partial charge in [-0.1, -0.05) is 6.92 Å². The largest absolute Gasteiger partial charge is 0.341 e. The van der Waals surface area contributed by atoms with Crippen LogP contribution in [-0.2, 0) is 25.4 Å². The molecular formula is C13H22N4O3. The van der Waals surface area contributed by atoms with Crippen LogP contribution in [0.4, 0.5) is 0 Å². The molecule has 7 heteroatoms. The monoisotopic (exact) mass is 282 g/mol. The lowest BCUT2D eigenvalue weighted by atomic mass is 10.0. The first-order valence-corrected chi connectivity index (χ1v) is 6.43. The average Bonchev–Trinajstić information content (AvgIpc) is 2.40. The quantitative estimate of drug-likeness (QED) is 0.769. The van der Waals surface area contributed by atoms with Gasteiger partial charge in [0.1, 0.15) is 0 Å². The summed E-state index contributed by atoms with van der Waals surface area (Å²) in [4.78, 5) is 37.1. The predicted octanol–water partition coefficient (Wildman–Crippen LogP) is -0.974. The van der Waals surface area contributed by atoms with Gasteiger partial charge in [0.2, 0.25) is 5.91 Å². The van der Waals surface area contributed by atoms with Crippen molar-refractivity contribution in [2.75, 3.05) is 7.05 Å². The highest BCUT2D eigenvalue weighted by Gasteiger charge is 2.22. The van der Waals surface area contributed by atoms with Crippen molar-refractivity contribution in [2.45, 2.75) is 26.4 Å². The molecule has 1 amide bonds. The van der Waals surface area contributed by atoms with Crippen molar-refractivity contribution in [3.63, 3.8) is 0 Å². The number of aromatic nitrogens is 2. The van der Waals surface area contributed by atoms with E-state index in [1.54, 1.807) is 27.9 Å². The van der Waals surface area contributed by atoms with Gasteiger partial charge in [-0.25, -0.2) is 4.79 Å². The molecule has 1 aromatic heterocycles. The summed E-state index contributed by atoms with van der Waals surface area (Å²) < 4.78 is 2.35. The van der Waals surface area contributed by atoms with Crippen LogP contribution in [0.1, 0.15) is 19.4 Å². The smallest absolute Gasteiger partial charge is 0.330 e. The van der Waals surface area contributed by atoms with Gasteiger partial charge >= 0.3 is 5.69 Å². The standard InChI is InChI=1S/C13H22N4O3/c1-8(9(2)14)11(18)15(3)6-10-7-16(4)13(20)17(5)12(10)19/h7-9H,6,14H2,1-5H3. The first kappa shape index (κ1) is 16.2. The van der Waals surface area contributed by atoms with Gasteiger partial charge in [0.15, 0.2) is 0 Å². The first-order valence-electron chi connectivity index (χ1n) is 6.43. The molecule has 0 aliphatic heterocycles. The molecule has 112 valence electrons. The van der Waals surface area contributed by atoms with E-state index in [9.17, 15) is 14.4 Å². The number of hydrogen-bond donors (Lipinski definition) is 1. The van der Waals surface area contributed by atoms with Gasteiger partial charge in [0, 0.05) is 33.4 Å². The Morgan fingerprint density at radius 3 is 2.40 bits per heavy atom. The lowest BCUT2D eigenvalue weighted by Gasteiger charge is -2.23. The molecule has 20 heavy (non-hydrogen) atoms. The van der Waals surface area contributed by atoms with Gasteiger partial charge in [-0.05, 0) is 6.92 Å². The minimum atomic E-state index is -0.392. The summed E-state index contributed by atoms with van der Waals surface area (Å²) in [5.41, 5.74) is 5.32. The van der Waals surface area contributed by atoms with Crippen molar-refractivity contribution in [1.82, 2.24) is 14.0 Å². The first-order chi connectivity index (χ1) is 9.16. The summed E-state index contributed by atoms with van der Waals surface area (Å²) in [7, 11) is 4.60. The zero-order chi connectivity index (χ0) is 15.6. The van der Waals surface area contributed by atoms with E-state index in [4.69, 9.17) is 5.73 Å². The Kier molecular flexibility index (Phi) is 4.88. The summed E-state index contributed by atoms with van der Waals surface area (Å²) >= 11 is 0. The Bertz CT molecular complexity index is 615. The molecule has 0 fully saturated rings. The van der Waals surface area contributed by atoms with Gasteiger partial charge in [0.25, 0.3) is 5.56 Å². The van der Waals surface area contributed by atoms with Crippen LogP contribution in [0.5, 0.6) is 0 Å². The van der Waals surface area contributed by atoms with E-state index in [1.165, 1.54) is 22.7 Å². The minimum absolute atomic E-state index is 0.129. The summed E-state index contributed by atoms with van der Waals surface area (Å²) in [5, 5.41) is 0. The lowest BCUT2D eigenvalue weighted by Crippen LogP contribution is -2.43. The van der Waals surface area contributed by atoms with Crippen molar-refractivity contribution in [3.05, 3.63) is 32.6 Å². The van der Waals surface area contributed by atoms with Crippen molar-refractivity contribution < 1.29 is 4.79 Å². The van der Waals surface area contributed by atoms with Gasteiger partial charge in [-0.2, -0.15) is 0 Å². The zero-order valence-corrected chi connectivity index (χ0v) is 12.6. The number of nitrogens with zero attached hydrogens (tertiary/aromatic N) is 3. The highest BCUT2D eigenvalue weighted by molar-refractivity contribution is 5.78. The van der Waals surface area contributed by atoms with E-state index in [2.05, 4.69) is 0 Å². The van der Waals surface area contributed by atoms with Gasteiger partial charge < -0.3 is 15.2 Å². The van der Waals surface area contributed by atoms with Gasteiger partial charge in [0.05, 0.1) is 18.0 Å². The summed E-state index contributed by atoms with van der Waals surface area (Å²) in [6, 6.07) is -0.257. The van der Waals surface area contributed by atoms with Crippen LogP contribution in [0, 0.1) is 5.92 Å². The molecular weight excluding hydrogens is 260 g/mol. The van der Waals surface area contributed by atoms with Gasteiger partial charge in [-0.3, -0.25) is 14.2 Å². The number of carbonyl (C=O) groups is 1. The van der Waals surface area contributed by atoms with Crippen LogP contribution >= 0.6 is 0 Å². The Labute approximate surface area is 117 Å². The fraction of sp³-hybridized carbons (Fsp3) is 0.615. The van der Waals surface area contributed by atoms with E-state index in [-0.39, 0.29) is 30.0 Å². The molecule has 1 aromatic rings. The van der Waals surface area contributed by atoms with Crippen LogP contribution in [-0.4, -0.2) is 33.0 Å². The molecule has 0 spiro atoms. The second-order valence-corrected chi connectivity index (χ2v) is 5.25. The van der Waals surface area contributed by atoms with Crippen LogP contribution in [0.15, 0.2) is 15.8 Å². The number of carbonyl (C=O) groups excluding carboxylic acids is 1. The molecule has 0 bridgehead atoms. The Hall–Kier alpha value is -1.89. The van der Waals surface area contributed by atoms with Crippen molar-refractivity contribution in [3.8, 4) is 0 Å². The molecule has 0 radical (unpaired) electrons. The van der Waals surface area contributed by atoms with Crippen molar-refractivity contribution >= 4 is 5.91 Å². The molecule has 1 heterocycles. The molecule has 2 atom stereocenters. The molecule has 2 N–H and O–H groups in total.